The lowest BCUT2D eigenvalue weighted by atomic mass is 10.1. The zero-order valence-corrected chi connectivity index (χ0v) is 10.9. The number of benzene rings is 2. The SMILES string of the molecule is Nc1ccc2c(Nc3ccc(Cl)cc3)ccnc2c1. The first-order chi connectivity index (χ1) is 9.22. The van der Waals surface area contributed by atoms with Crippen LogP contribution in [0.1, 0.15) is 0 Å². The van der Waals surface area contributed by atoms with E-state index in [1.54, 1.807) is 6.20 Å². The van der Waals surface area contributed by atoms with Crippen molar-refractivity contribution in [1.29, 1.82) is 0 Å². The minimum atomic E-state index is 0.712. The van der Waals surface area contributed by atoms with Crippen molar-refractivity contribution in [3.8, 4) is 0 Å². The van der Waals surface area contributed by atoms with Gasteiger partial charge in [-0.3, -0.25) is 4.98 Å². The van der Waals surface area contributed by atoms with Crippen molar-refractivity contribution in [3.63, 3.8) is 0 Å². The highest BCUT2D eigenvalue weighted by Gasteiger charge is 2.02. The van der Waals surface area contributed by atoms with E-state index < -0.39 is 0 Å². The van der Waals surface area contributed by atoms with Crippen LogP contribution in [0.25, 0.3) is 10.9 Å². The first-order valence-corrected chi connectivity index (χ1v) is 6.27. The molecule has 1 heterocycles. The maximum absolute atomic E-state index is 5.88. The van der Waals surface area contributed by atoms with Crippen LogP contribution in [0.4, 0.5) is 17.1 Å². The summed E-state index contributed by atoms with van der Waals surface area (Å²) < 4.78 is 0. The molecule has 0 aliphatic heterocycles. The molecule has 0 saturated heterocycles. The number of halogens is 1. The van der Waals surface area contributed by atoms with Crippen LogP contribution in [-0.2, 0) is 0 Å². The minimum absolute atomic E-state index is 0.712. The van der Waals surface area contributed by atoms with Crippen LogP contribution in [0.2, 0.25) is 5.02 Å². The maximum atomic E-state index is 5.88. The van der Waals surface area contributed by atoms with Crippen LogP contribution in [0.5, 0.6) is 0 Å². The molecule has 0 atom stereocenters. The van der Waals surface area contributed by atoms with Gasteiger partial charge in [-0.15, -0.1) is 0 Å². The summed E-state index contributed by atoms with van der Waals surface area (Å²) in [6.07, 6.45) is 1.76. The summed E-state index contributed by atoms with van der Waals surface area (Å²) in [6, 6.07) is 15.2. The Hall–Kier alpha value is -2.26. The monoisotopic (exact) mass is 269 g/mol. The summed E-state index contributed by atoms with van der Waals surface area (Å²) >= 11 is 5.88. The lowest BCUT2D eigenvalue weighted by Crippen LogP contribution is -1.93. The van der Waals surface area contributed by atoms with Crippen molar-refractivity contribution >= 4 is 39.6 Å². The van der Waals surface area contributed by atoms with Crippen molar-refractivity contribution in [2.45, 2.75) is 0 Å². The molecule has 1 aromatic heterocycles. The number of nitrogens with zero attached hydrogens (tertiary/aromatic N) is 1. The summed E-state index contributed by atoms with van der Waals surface area (Å²) in [5.74, 6) is 0. The highest BCUT2D eigenvalue weighted by molar-refractivity contribution is 6.30. The van der Waals surface area contributed by atoms with Crippen molar-refractivity contribution in [2.24, 2.45) is 0 Å². The third-order valence-electron chi connectivity index (χ3n) is 2.89. The Morgan fingerprint density at radius 1 is 1.00 bits per heavy atom. The normalized spacial score (nSPS) is 10.6. The van der Waals surface area contributed by atoms with Gasteiger partial charge in [0.05, 0.1) is 5.52 Å². The highest BCUT2D eigenvalue weighted by Crippen LogP contribution is 2.26. The fourth-order valence-corrected chi connectivity index (χ4v) is 2.09. The van der Waals surface area contributed by atoms with E-state index in [1.165, 1.54) is 0 Å². The fraction of sp³-hybridized carbons (Fsp3) is 0. The van der Waals surface area contributed by atoms with Crippen LogP contribution < -0.4 is 11.1 Å². The predicted molar refractivity (Wildman–Crippen MR) is 80.9 cm³/mol. The summed E-state index contributed by atoms with van der Waals surface area (Å²) in [6.45, 7) is 0. The van der Waals surface area contributed by atoms with Gasteiger partial charge in [-0.05, 0) is 48.5 Å². The Morgan fingerprint density at radius 3 is 2.58 bits per heavy atom. The minimum Gasteiger partial charge on any atom is -0.399 e. The standard InChI is InChI=1S/C15H12ClN3/c16-10-1-4-12(5-2-10)19-14-7-8-18-15-9-11(17)3-6-13(14)15/h1-9H,17H2,(H,18,19). The van der Waals surface area contributed by atoms with Gasteiger partial charge >= 0.3 is 0 Å². The number of nitrogen functional groups attached to an aromatic ring is 1. The maximum Gasteiger partial charge on any atom is 0.0743 e. The van der Waals surface area contributed by atoms with Crippen molar-refractivity contribution in [3.05, 3.63) is 59.8 Å². The molecule has 0 saturated carbocycles. The van der Waals surface area contributed by atoms with Gasteiger partial charge in [-0.2, -0.15) is 0 Å². The number of aromatic nitrogens is 1. The van der Waals surface area contributed by atoms with E-state index in [0.29, 0.717) is 5.69 Å². The third-order valence-corrected chi connectivity index (χ3v) is 3.14. The number of fused-ring (bicyclic) bond motifs is 1. The summed E-state index contributed by atoms with van der Waals surface area (Å²) in [7, 11) is 0. The summed E-state index contributed by atoms with van der Waals surface area (Å²) in [5, 5.41) is 5.11. The second kappa shape index (κ2) is 4.78. The second-order valence-electron chi connectivity index (χ2n) is 4.27. The number of nitrogens with one attached hydrogen (secondary N) is 1. The van der Waals surface area contributed by atoms with Gasteiger partial charge in [0.2, 0.25) is 0 Å². The smallest absolute Gasteiger partial charge is 0.0743 e. The third kappa shape index (κ3) is 2.46. The number of hydrogen-bond acceptors (Lipinski definition) is 3. The second-order valence-corrected chi connectivity index (χ2v) is 4.70. The van der Waals surface area contributed by atoms with Gasteiger partial charge in [-0.25, -0.2) is 0 Å². The van der Waals surface area contributed by atoms with Crippen LogP contribution in [0.3, 0.4) is 0 Å². The summed E-state index contributed by atoms with van der Waals surface area (Å²) in [5.41, 5.74) is 9.33. The van der Waals surface area contributed by atoms with Crippen LogP contribution in [-0.4, -0.2) is 4.98 Å². The zero-order chi connectivity index (χ0) is 13.2. The van der Waals surface area contributed by atoms with Crippen LogP contribution in [0.15, 0.2) is 54.7 Å². The topological polar surface area (TPSA) is 50.9 Å². The molecule has 0 radical (unpaired) electrons. The largest absolute Gasteiger partial charge is 0.399 e. The Morgan fingerprint density at radius 2 is 1.79 bits per heavy atom. The average molecular weight is 270 g/mol. The Labute approximate surface area is 116 Å². The quantitative estimate of drug-likeness (QED) is 0.685. The molecule has 0 amide bonds. The van der Waals surface area contributed by atoms with Crippen LogP contribution in [0, 0.1) is 0 Å². The number of pyridine rings is 1. The van der Waals surface area contributed by atoms with Gasteiger partial charge in [0, 0.05) is 33.7 Å². The molecule has 3 rings (SSSR count). The Kier molecular flexibility index (Phi) is 2.97. The zero-order valence-electron chi connectivity index (χ0n) is 10.1. The predicted octanol–water partition coefficient (Wildman–Crippen LogP) is 4.21. The molecule has 3 aromatic rings. The van der Waals surface area contributed by atoms with E-state index in [1.807, 2.05) is 48.5 Å². The number of nitrogens with two attached hydrogens (primary N) is 1. The van der Waals surface area contributed by atoms with Crippen LogP contribution >= 0.6 is 11.6 Å². The van der Waals surface area contributed by atoms with Crippen molar-refractivity contribution in [1.82, 2.24) is 4.98 Å². The van der Waals surface area contributed by atoms with E-state index >= 15 is 0 Å². The number of rotatable bonds is 2. The van der Waals surface area contributed by atoms with E-state index in [4.69, 9.17) is 17.3 Å². The first-order valence-electron chi connectivity index (χ1n) is 5.89. The van der Waals surface area contributed by atoms with E-state index in [0.717, 1.165) is 27.3 Å². The van der Waals surface area contributed by atoms with Gasteiger partial charge in [-0.1, -0.05) is 11.6 Å². The molecule has 19 heavy (non-hydrogen) atoms. The van der Waals surface area contributed by atoms with E-state index in [2.05, 4.69) is 10.3 Å². The molecule has 0 unspecified atom stereocenters. The molecule has 0 bridgehead atoms. The highest BCUT2D eigenvalue weighted by atomic mass is 35.5. The van der Waals surface area contributed by atoms with Gasteiger partial charge < -0.3 is 11.1 Å². The molecule has 0 fully saturated rings. The Balaban J connectivity index is 2.03. The molecule has 3 N–H and O–H groups in total. The lowest BCUT2D eigenvalue weighted by Gasteiger charge is -2.09. The number of anilines is 3. The molecule has 0 spiro atoms. The first kappa shape index (κ1) is 11.8. The molecule has 0 aliphatic rings. The van der Waals surface area contributed by atoms with Crippen molar-refractivity contribution in [2.75, 3.05) is 11.1 Å². The Bertz CT molecular complexity index is 723. The lowest BCUT2D eigenvalue weighted by molar-refractivity contribution is 1.40. The molecule has 2 aromatic carbocycles. The number of hydrogen-bond donors (Lipinski definition) is 2. The van der Waals surface area contributed by atoms with Gasteiger partial charge in [0.25, 0.3) is 0 Å². The average Bonchev–Trinajstić information content (AvgIpc) is 2.41. The van der Waals surface area contributed by atoms with Gasteiger partial charge in [0.15, 0.2) is 0 Å². The molecule has 0 aliphatic carbocycles. The summed E-state index contributed by atoms with van der Waals surface area (Å²) in [4.78, 5) is 4.32. The molecular weight excluding hydrogens is 258 g/mol. The van der Waals surface area contributed by atoms with E-state index in [9.17, 15) is 0 Å². The fourth-order valence-electron chi connectivity index (χ4n) is 1.96. The molecular formula is C15H12ClN3. The molecule has 3 nitrogen and oxygen atoms in total. The molecule has 94 valence electrons. The van der Waals surface area contributed by atoms with E-state index in [-0.39, 0.29) is 0 Å². The van der Waals surface area contributed by atoms with Crippen molar-refractivity contribution < 1.29 is 0 Å². The molecule has 4 heteroatoms. The van der Waals surface area contributed by atoms with Gasteiger partial charge in [0.1, 0.15) is 0 Å².